The lowest BCUT2D eigenvalue weighted by Gasteiger charge is -2.27. The Labute approximate surface area is 109 Å². The number of carbonyl (C=O) groups is 2. The van der Waals surface area contributed by atoms with Crippen molar-refractivity contribution in [3.8, 4) is 0 Å². The topological polar surface area (TPSA) is 84.2 Å². The fraction of sp³-hybridized carbons (Fsp3) is 0.846. The van der Waals surface area contributed by atoms with Crippen molar-refractivity contribution in [1.82, 2.24) is 10.6 Å². The van der Waals surface area contributed by atoms with Gasteiger partial charge in [0.2, 0.25) is 11.8 Å². The zero-order chi connectivity index (χ0) is 13.5. The van der Waals surface area contributed by atoms with Gasteiger partial charge in [0.25, 0.3) is 0 Å². The Morgan fingerprint density at radius 2 is 1.89 bits per heavy atom. The number of hydrogen-bond acceptors (Lipinski definition) is 3. The van der Waals surface area contributed by atoms with Crippen LogP contribution in [0.3, 0.4) is 0 Å². The molecule has 5 heteroatoms. The summed E-state index contributed by atoms with van der Waals surface area (Å²) in [5, 5.41) is 6.25. The highest BCUT2D eigenvalue weighted by molar-refractivity contribution is 5.77. The van der Waals surface area contributed by atoms with Gasteiger partial charge in [-0.2, -0.15) is 0 Å². The van der Waals surface area contributed by atoms with E-state index in [2.05, 4.69) is 10.6 Å². The fourth-order valence-electron chi connectivity index (χ4n) is 2.51. The first-order valence-corrected chi connectivity index (χ1v) is 6.85. The fourth-order valence-corrected chi connectivity index (χ4v) is 2.51. The summed E-state index contributed by atoms with van der Waals surface area (Å²) >= 11 is 0. The first kappa shape index (κ1) is 15.0. The van der Waals surface area contributed by atoms with E-state index in [0.717, 1.165) is 32.2 Å². The Kier molecular flexibility index (Phi) is 6.12. The third-order valence-corrected chi connectivity index (χ3v) is 3.54. The van der Waals surface area contributed by atoms with Crippen LogP contribution >= 0.6 is 0 Å². The normalized spacial score (nSPS) is 25.4. The second-order valence-corrected chi connectivity index (χ2v) is 5.18. The number of rotatable bonds is 6. The minimum Gasteiger partial charge on any atom is -0.369 e. The maximum atomic E-state index is 11.8. The summed E-state index contributed by atoms with van der Waals surface area (Å²) in [4.78, 5) is 22.8. The third kappa shape index (κ3) is 5.04. The molecule has 4 N–H and O–H groups in total. The highest BCUT2D eigenvalue weighted by atomic mass is 16.2. The molecule has 2 amide bonds. The van der Waals surface area contributed by atoms with Crippen molar-refractivity contribution in [1.29, 1.82) is 0 Å². The van der Waals surface area contributed by atoms with Gasteiger partial charge in [-0.05, 0) is 39.2 Å². The first-order valence-electron chi connectivity index (χ1n) is 6.85. The van der Waals surface area contributed by atoms with E-state index >= 15 is 0 Å². The molecular formula is C13H25N3O2. The van der Waals surface area contributed by atoms with Crippen LogP contribution in [0.15, 0.2) is 0 Å². The van der Waals surface area contributed by atoms with Gasteiger partial charge in [0.15, 0.2) is 0 Å². The van der Waals surface area contributed by atoms with Crippen molar-refractivity contribution in [2.75, 3.05) is 6.54 Å². The van der Waals surface area contributed by atoms with Crippen LogP contribution in [-0.2, 0) is 9.59 Å². The Hall–Kier alpha value is -1.10. The molecule has 1 aliphatic rings. The van der Waals surface area contributed by atoms with Crippen molar-refractivity contribution in [2.24, 2.45) is 11.7 Å². The van der Waals surface area contributed by atoms with Crippen molar-refractivity contribution in [2.45, 2.75) is 58.0 Å². The van der Waals surface area contributed by atoms with Crippen LogP contribution < -0.4 is 16.4 Å². The molecular weight excluding hydrogens is 230 g/mol. The molecule has 1 aliphatic carbocycles. The molecule has 1 rings (SSSR count). The largest absolute Gasteiger partial charge is 0.369 e. The lowest BCUT2D eigenvalue weighted by atomic mass is 9.85. The molecule has 0 spiro atoms. The standard InChI is InChI=1S/C13H25N3O2/c1-3-15-9(2)8-12(17)16-11-6-4-10(5-7-11)13(14)18/h9-11,15H,3-8H2,1-2H3,(H2,14,18)(H,16,17). The van der Waals surface area contributed by atoms with Crippen LogP contribution in [0.25, 0.3) is 0 Å². The zero-order valence-electron chi connectivity index (χ0n) is 11.4. The van der Waals surface area contributed by atoms with Gasteiger partial charge in [0, 0.05) is 24.4 Å². The summed E-state index contributed by atoms with van der Waals surface area (Å²) in [6, 6.07) is 0.416. The Bertz CT molecular complexity index is 286. The summed E-state index contributed by atoms with van der Waals surface area (Å²) in [6.07, 6.45) is 3.81. The number of amides is 2. The van der Waals surface area contributed by atoms with Crippen LogP contribution in [0, 0.1) is 5.92 Å². The summed E-state index contributed by atoms with van der Waals surface area (Å²) in [5.41, 5.74) is 5.28. The van der Waals surface area contributed by atoms with Gasteiger partial charge in [-0.15, -0.1) is 0 Å². The van der Waals surface area contributed by atoms with Crippen molar-refractivity contribution in [3.63, 3.8) is 0 Å². The molecule has 0 saturated heterocycles. The number of primary amides is 1. The highest BCUT2D eigenvalue weighted by Crippen LogP contribution is 2.23. The number of nitrogens with two attached hydrogens (primary N) is 1. The Balaban J connectivity index is 2.24. The Morgan fingerprint density at radius 1 is 1.28 bits per heavy atom. The molecule has 0 radical (unpaired) electrons. The van der Waals surface area contributed by atoms with E-state index < -0.39 is 0 Å². The molecule has 0 aromatic rings. The minimum absolute atomic E-state index is 0.00108. The van der Waals surface area contributed by atoms with Gasteiger partial charge < -0.3 is 16.4 Å². The SMILES string of the molecule is CCNC(C)CC(=O)NC1CCC(C(N)=O)CC1. The maximum Gasteiger partial charge on any atom is 0.221 e. The summed E-state index contributed by atoms with van der Waals surface area (Å²) in [5.74, 6) is -0.120. The van der Waals surface area contributed by atoms with Crippen molar-refractivity contribution >= 4 is 11.8 Å². The molecule has 0 heterocycles. The summed E-state index contributed by atoms with van der Waals surface area (Å²) < 4.78 is 0. The van der Waals surface area contributed by atoms with Gasteiger partial charge >= 0.3 is 0 Å². The molecule has 5 nitrogen and oxygen atoms in total. The number of nitrogens with one attached hydrogen (secondary N) is 2. The van der Waals surface area contributed by atoms with E-state index in [1.165, 1.54) is 0 Å². The van der Waals surface area contributed by atoms with Crippen LogP contribution in [0.5, 0.6) is 0 Å². The second-order valence-electron chi connectivity index (χ2n) is 5.18. The van der Waals surface area contributed by atoms with E-state index in [-0.39, 0.29) is 29.8 Å². The number of carbonyl (C=O) groups excluding carboxylic acids is 2. The molecule has 0 aromatic carbocycles. The van der Waals surface area contributed by atoms with Crippen LogP contribution in [0.2, 0.25) is 0 Å². The zero-order valence-corrected chi connectivity index (χ0v) is 11.4. The quantitative estimate of drug-likeness (QED) is 0.647. The lowest BCUT2D eigenvalue weighted by molar-refractivity contribution is -0.123. The summed E-state index contributed by atoms with van der Waals surface area (Å²) in [7, 11) is 0. The van der Waals surface area contributed by atoms with Crippen molar-refractivity contribution < 1.29 is 9.59 Å². The van der Waals surface area contributed by atoms with Gasteiger partial charge in [-0.1, -0.05) is 6.92 Å². The molecule has 1 saturated carbocycles. The summed E-state index contributed by atoms with van der Waals surface area (Å²) in [6.45, 7) is 4.91. The molecule has 0 aliphatic heterocycles. The van der Waals surface area contributed by atoms with Crippen molar-refractivity contribution in [3.05, 3.63) is 0 Å². The molecule has 1 fully saturated rings. The molecule has 1 atom stereocenters. The third-order valence-electron chi connectivity index (χ3n) is 3.54. The Morgan fingerprint density at radius 3 is 2.39 bits per heavy atom. The average molecular weight is 255 g/mol. The molecule has 0 aromatic heterocycles. The molecule has 1 unspecified atom stereocenters. The maximum absolute atomic E-state index is 11.8. The van der Waals surface area contributed by atoms with Gasteiger partial charge in [0.1, 0.15) is 0 Å². The second kappa shape index (κ2) is 7.36. The van der Waals surface area contributed by atoms with E-state index in [0.29, 0.717) is 6.42 Å². The van der Waals surface area contributed by atoms with E-state index in [4.69, 9.17) is 5.73 Å². The van der Waals surface area contributed by atoms with Crippen LogP contribution in [0.4, 0.5) is 0 Å². The smallest absolute Gasteiger partial charge is 0.221 e. The molecule has 18 heavy (non-hydrogen) atoms. The number of hydrogen-bond donors (Lipinski definition) is 3. The van der Waals surface area contributed by atoms with Crippen LogP contribution in [0.1, 0.15) is 46.0 Å². The van der Waals surface area contributed by atoms with E-state index in [9.17, 15) is 9.59 Å². The van der Waals surface area contributed by atoms with Crippen LogP contribution in [-0.4, -0.2) is 30.4 Å². The highest BCUT2D eigenvalue weighted by Gasteiger charge is 2.25. The van der Waals surface area contributed by atoms with E-state index in [1.54, 1.807) is 0 Å². The van der Waals surface area contributed by atoms with Gasteiger partial charge in [-0.3, -0.25) is 9.59 Å². The molecule has 0 bridgehead atoms. The first-order chi connectivity index (χ1) is 8.52. The monoisotopic (exact) mass is 255 g/mol. The molecule has 104 valence electrons. The van der Waals surface area contributed by atoms with E-state index in [1.807, 2.05) is 13.8 Å². The predicted molar refractivity (Wildman–Crippen MR) is 70.8 cm³/mol. The average Bonchev–Trinajstić information content (AvgIpc) is 2.29. The van der Waals surface area contributed by atoms with Gasteiger partial charge in [-0.25, -0.2) is 0 Å². The predicted octanol–water partition coefficient (Wildman–Crippen LogP) is 0.535. The lowest BCUT2D eigenvalue weighted by Crippen LogP contribution is -2.42. The van der Waals surface area contributed by atoms with Gasteiger partial charge in [0.05, 0.1) is 0 Å². The minimum atomic E-state index is -0.208.